The van der Waals surface area contributed by atoms with Crippen LogP contribution in [0.3, 0.4) is 0 Å². The normalized spacial score (nSPS) is 23.2. The predicted molar refractivity (Wildman–Crippen MR) is 70.4 cm³/mol. The van der Waals surface area contributed by atoms with Crippen LogP contribution >= 0.6 is 11.8 Å². The SMILES string of the molecule is CSc1nc(N)nc2c1ncn2C1CC(CO)C1. The average Bonchev–Trinajstić information content (AvgIpc) is 2.71. The maximum absolute atomic E-state index is 9.07. The van der Waals surface area contributed by atoms with Gasteiger partial charge in [0, 0.05) is 12.6 Å². The summed E-state index contributed by atoms with van der Waals surface area (Å²) in [5.74, 6) is 0.693. The second kappa shape index (κ2) is 4.40. The van der Waals surface area contributed by atoms with E-state index in [4.69, 9.17) is 10.8 Å². The lowest BCUT2D eigenvalue weighted by molar-refractivity contribution is 0.114. The Morgan fingerprint density at radius 2 is 2.28 bits per heavy atom. The highest BCUT2D eigenvalue weighted by atomic mass is 32.2. The molecule has 1 aliphatic carbocycles. The molecule has 3 rings (SSSR count). The van der Waals surface area contributed by atoms with Crippen LogP contribution in [0.5, 0.6) is 0 Å². The number of hydrogen-bond acceptors (Lipinski definition) is 6. The second-order valence-corrected chi connectivity index (χ2v) is 5.38. The number of aliphatic hydroxyl groups excluding tert-OH is 1. The highest BCUT2D eigenvalue weighted by Gasteiger charge is 2.31. The molecule has 0 bridgehead atoms. The van der Waals surface area contributed by atoms with Gasteiger partial charge in [0.25, 0.3) is 0 Å². The summed E-state index contributed by atoms with van der Waals surface area (Å²) in [6.07, 6.45) is 5.70. The van der Waals surface area contributed by atoms with Crippen molar-refractivity contribution < 1.29 is 5.11 Å². The maximum atomic E-state index is 9.07. The number of imidazole rings is 1. The van der Waals surface area contributed by atoms with Crippen LogP contribution in [0, 0.1) is 5.92 Å². The smallest absolute Gasteiger partial charge is 0.223 e. The first-order valence-corrected chi connectivity index (χ1v) is 7.10. The van der Waals surface area contributed by atoms with E-state index in [-0.39, 0.29) is 12.6 Å². The summed E-state index contributed by atoms with van der Waals surface area (Å²) in [5.41, 5.74) is 7.33. The van der Waals surface area contributed by atoms with Crippen molar-refractivity contribution in [3.05, 3.63) is 6.33 Å². The summed E-state index contributed by atoms with van der Waals surface area (Å²) < 4.78 is 2.05. The lowest BCUT2D eigenvalue weighted by Crippen LogP contribution is -2.28. The minimum atomic E-state index is 0.260. The van der Waals surface area contributed by atoms with Crippen molar-refractivity contribution in [2.75, 3.05) is 18.6 Å². The number of rotatable bonds is 3. The van der Waals surface area contributed by atoms with Crippen molar-refractivity contribution in [3.8, 4) is 0 Å². The lowest BCUT2D eigenvalue weighted by atomic mass is 9.81. The molecule has 18 heavy (non-hydrogen) atoms. The molecule has 0 radical (unpaired) electrons. The Bertz CT molecular complexity index is 578. The molecular formula is C11H15N5OS. The van der Waals surface area contributed by atoms with Gasteiger partial charge in [-0.15, -0.1) is 11.8 Å². The van der Waals surface area contributed by atoms with Crippen LogP contribution in [0.2, 0.25) is 0 Å². The first kappa shape index (κ1) is 11.7. The van der Waals surface area contributed by atoms with Crippen molar-refractivity contribution in [2.45, 2.75) is 23.9 Å². The first-order chi connectivity index (χ1) is 8.72. The molecule has 0 unspecified atom stereocenters. The fourth-order valence-corrected chi connectivity index (χ4v) is 2.92. The summed E-state index contributed by atoms with van der Waals surface area (Å²) in [7, 11) is 0. The third kappa shape index (κ3) is 1.74. The number of thioether (sulfide) groups is 1. The van der Waals surface area contributed by atoms with E-state index < -0.39 is 0 Å². The zero-order valence-corrected chi connectivity index (χ0v) is 10.9. The van der Waals surface area contributed by atoms with Crippen LogP contribution < -0.4 is 5.73 Å². The Morgan fingerprint density at radius 3 is 2.94 bits per heavy atom. The molecule has 2 aromatic rings. The second-order valence-electron chi connectivity index (χ2n) is 4.59. The van der Waals surface area contributed by atoms with Crippen molar-refractivity contribution >= 4 is 28.9 Å². The number of fused-ring (bicyclic) bond motifs is 1. The third-order valence-corrected chi connectivity index (χ3v) is 4.13. The summed E-state index contributed by atoms with van der Waals surface area (Å²) in [6.45, 7) is 0.260. The number of nitrogens with zero attached hydrogens (tertiary/aromatic N) is 4. The van der Waals surface area contributed by atoms with Gasteiger partial charge in [-0.05, 0) is 25.0 Å². The molecule has 1 fully saturated rings. The molecule has 0 spiro atoms. The van der Waals surface area contributed by atoms with E-state index in [2.05, 4.69) is 19.5 Å². The van der Waals surface area contributed by atoms with E-state index in [1.165, 1.54) is 11.8 Å². The van der Waals surface area contributed by atoms with E-state index >= 15 is 0 Å². The van der Waals surface area contributed by atoms with Gasteiger partial charge in [-0.2, -0.15) is 4.98 Å². The number of aliphatic hydroxyl groups is 1. The fraction of sp³-hybridized carbons (Fsp3) is 0.545. The Kier molecular flexibility index (Phi) is 2.87. The summed E-state index contributed by atoms with van der Waals surface area (Å²) in [5, 5.41) is 9.88. The van der Waals surface area contributed by atoms with Gasteiger partial charge < -0.3 is 15.4 Å². The zero-order chi connectivity index (χ0) is 12.7. The van der Waals surface area contributed by atoms with Gasteiger partial charge >= 0.3 is 0 Å². The van der Waals surface area contributed by atoms with Crippen molar-refractivity contribution in [3.63, 3.8) is 0 Å². The van der Waals surface area contributed by atoms with Gasteiger partial charge in [-0.3, -0.25) is 0 Å². The van der Waals surface area contributed by atoms with Gasteiger partial charge in [0.2, 0.25) is 5.95 Å². The van der Waals surface area contributed by atoms with E-state index in [1.807, 2.05) is 6.26 Å². The number of hydrogen-bond donors (Lipinski definition) is 2. The maximum Gasteiger partial charge on any atom is 0.223 e. The lowest BCUT2D eigenvalue weighted by Gasteiger charge is -2.34. The molecule has 1 saturated carbocycles. The molecule has 0 saturated heterocycles. The molecule has 0 aliphatic heterocycles. The van der Waals surface area contributed by atoms with Crippen molar-refractivity contribution in [1.82, 2.24) is 19.5 Å². The molecule has 3 N–H and O–H groups in total. The van der Waals surface area contributed by atoms with Crippen LogP contribution in [0.1, 0.15) is 18.9 Å². The van der Waals surface area contributed by atoms with Crippen LogP contribution in [0.4, 0.5) is 5.95 Å². The number of nitrogens with two attached hydrogens (primary N) is 1. The third-order valence-electron chi connectivity index (χ3n) is 3.46. The highest BCUT2D eigenvalue weighted by molar-refractivity contribution is 7.98. The molecule has 0 aromatic carbocycles. The molecule has 6 nitrogen and oxygen atoms in total. The average molecular weight is 265 g/mol. The number of nitrogen functional groups attached to an aromatic ring is 1. The van der Waals surface area contributed by atoms with Gasteiger partial charge in [-0.1, -0.05) is 0 Å². The summed E-state index contributed by atoms with van der Waals surface area (Å²) in [6, 6.07) is 0.371. The molecule has 0 amide bonds. The highest BCUT2D eigenvalue weighted by Crippen LogP contribution is 2.39. The molecule has 2 aromatic heterocycles. The zero-order valence-electron chi connectivity index (χ0n) is 10.1. The molecule has 96 valence electrons. The molecular weight excluding hydrogens is 250 g/mol. The van der Waals surface area contributed by atoms with Gasteiger partial charge in [0.1, 0.15) is 10.5 Å². The van der Waals surface area contributed by atoms with Gasteiger partial charge in [-0.25, -0.2) is 9.97 Å². The van der Waals surface area contributed by atoms with E-state index in [1.54, 1.807) is 6.33 Å². The van der Waals surface area contributed by atoms with E-state index in [0.29, 0.717) is 12.0 Å². The monoisotopic (exact) mass is 265 g/mol. The van der Waals surface area contributed by atoms with Gasteiger partial charge in [0.05, 0.1) is 6.33 Å². The summed E-state index contributed by atoms with van der Waals surface area (Å²) in [4.78, 5) is 12.9. The Hall–Kier alpha value is -1.34. The van der Waals surface area contributed by atoms with E-state index in [0.717, 1.165) is 29.0 Å². The fourth-order valence-electron chi connectivity index (χ4n) is 2.39. The molecule has 1 aliphatic rings. The minimum Gasteiger partial charge on any atom is -0.396 e. The number of aromatic nitrogens is 4. The predicted octanol–water partition coefficient (Wildman–Crippen LogP) is 1.07. The molecule has 2 heterocycles. The minimum absolute atomic E-state index is 0.260. The van der Waals surface area contributed by atoms with Crippen LogP contribution in [0.25, 0.3) is 11.2 Å². The van der Waals surface area contributed by atoms with Crippen molar-refractivity contribution in [1.29, 1.82) is 0 Å². The quantitative estimate of drug-likeness (QED) is 0.637. The largest absolute Gasteiger partial charge is 0.396 e. The standard InChI is InChI=1S/C11H15N5OS/c1-18-10-8-9(14-11(12)15-10)16(5-13-8)7-2-6(3-7)4-17/h5-7,17H,2-4H2,1H3,(H2,12,14,15). The summed E-state index contributed by atoms with van der Waals surface area (Å²) >= 11 is 1.52. The Balaban J connectivity index is 2.01. The van der Waals surface area contributed by atoms with Gasteiger partial charge in [0.15, 0.2) is 5.65 Å². The topological polar surface area (TPSA) is 89.9 Å². The Morgan fingerprint density at radius 1 is 1.50 bits per heavy atom. The van der Waals surface area contributed by atoms with Crippen LogP contribution in [-0.4, -0.2) is 37.5 Å². The number of anilines is 1. The van der Waals surface area contributed by atoms with Crippen LogP contribution in [-0.2, 0) is 0 Å². The van der Waals surface area contributed by atoms with Crippen LogP contribution in [0.15, 0.2) is 11.4 Å². The van der Waals surface area contributed by atoms with E-state index in [9.17, 15) is 0 Å². The Labute approximate surface area is 109 Å². The molecule has 7 heteroatoms. The first-order valence-electron chi connectivity index (χ1n) is 5.87. The van der Waals surface area contributed by atoms with Crippen molar-refractivity contribution in [2.24, 2.45) is 5.92 Å². The molecule has 0 atom stereocenters.